The van der Waals surface area contributed by atoms with Crippen LogP contribution in [0.1, 0.15) is 26.7 Å². The molecule has 0 fully saturated rings. The quantitative estimate of drug-likeness (QED) is 0.493. The van der Waals surface area contributed by atoms with Gasteiger partial charge in [-0.3, -0.25) is 4.79 Å². The molecule has 0 radical (unpaired) electrons. The topological polar surface area (TPSA) is 37.3 Å². The van der Waals surface area contributed by atoms with Crippen molar-refractivity contribution in [3.8, 4) is 23.7 Å². The zero-order chi connectivity index (χ0) is 9.40. The molecule has 0 spiro atoms. The summed E-state index contributed by atoms with van der Waals surface area (Å²) in [6.45, 7) is 3.29. The zero-order valence-electron chi connectivity index (χ0n) is 7.35. The fourth-order valence-corrected chi connectivity index (χ4v) is 0.696. The van der Waals surface area contributed by atoms with E-state index in [1.807, 2.05) is 0 Å². The first kappa shape index (κ1) is 10.8. The Kier molecular flexibility index (Phi) is 5.79. The van der Waals surface area contributed by atoms with Crippen molar-refractivity contribution in [2.75, 3.05) is 0 Å². The van der Waals surface area contributed by atoms with Gasteiger partial charge in [-0.25, -0.2) is 0 Å². The molecule has 1 atom stereocenters. The summed E-state index contributed by atoms with van der Waals surface area (Å²) in [5, 5.41) is 9.19. The average molecular weight is 164 g/mol. The van der Waals surface area contributed by atoms with Gasteiger partial charge in [0.1, 0.15) is 0 Å². The van der Waals surface area contributed by atoms with Gasteiger partial charge < -0.3 is 5.11 Å². The minimum absolute atomic E-state index is 0.0789. The SMILES string of the molecule is CC#CC[C@@H](O)CC(=O)C#CC. The third kappa shape index (κ3) is 5.53. The van der Waals surface area contributed by atoms with E-state index in [-0.39, 0.29) is 12.2 Å². The highest BCUT2D eigenvalue weighted by Crippen LogP contribution is 1.96. The number of ketones is 1. The van der Waals surface area contributed by atoms with Crippen molar-refractivity contribution in [2.45, 2.75) is 32.8 Å². The summed E-state index contributed by atoms with van der Waals surface area (Å²) < 4.78 is 0. The van der Waals surface area contributed by atoms with E-state index in [1.54, 1.807) is 13.8 Å². The van der Waals surface area contributed by atoms with E-state index in [0.717, 1.165) is 0 Å². The Hall–Kier alpha value is -1.25. The van der Waals surface area contributed by atoms with Crippen LogP contribution in [-0.4, -0.2) is 17.0 Å². The summed E-state index contributed by atoms with van der Waals surface area (Å²) in [7, 11) is 0. The lowest BCUT2D eigenvalue weighted by Gasteiger charge is -2.00. The van der Waals surface area contributed by atoms with Crippen LogP contribution in [0.5, 0.6) is 0 Å². The molecule has 2 nitrogen and oxygen atoms in total. The van der Waals surface area contributed by atoms with E-state index in [9.17, 15) is 9.90 Å². The largest absolute Gasteiger partial charge is 0.392 e. The van der Waals surface area contributed by atoms with Gasteiger partial charge >= 0.3 is 0 Å². The lowest BCUT2D eigenvalue weighted by atomic mass is 10.1. The first-order valence-corrected chi connectivity index (χ1v) is 3.74. The molecule has 2 heteroatoms. The highest BCUT2D eigenvalue weighted by Gasteiger charge is 2.06. The van der Waals surface area contributed by atoms with Crippen molar-refractivity contribution >= 4 is 5.78 Å². The van der Waals surface area contributed by atoms with Crippen LogP contribution in [0.25, 0.3) is 0 Å². The smallest absolute Gasteiger partial charge is 0.208 e. The highest BCUT2D eigenvalue weighted by molar-refractivity contribution is 5.95. The van der Waals surface area contributed by atoms with E-state index in [0.29, 0.717) is 6.42 Å². The predicted octanol–water partition coefficient (Wildman–Crippen LogP) is 0.743. The molecule has 12 heavy (non-hydrogen) atoms. The number of Topliss-reactive ketones (excluding diaryl/α,β-unsaturated/α-hetero) is 1. The van der Waals surface area contributed by atoms with Crippen LogP contribution in [0.4, 0.5) is 0 Å². The van der Waals surface area contributed by atoms with Gasteiger partial charge in [-0.05, 0) is 19.8 Å². The van der Waals surface area contributed by atoms with Gasteiger partial charge in [-0.15, -0.1) is 11.8 Å². The molecule has 0 aromatic heterocycles. The van der Waals surface area contributed by atoms with Gasteiger partial charge in [0, 0.05) is 12.8 Å². The molecule has 0 aromatic rings. The Morgan fingerprint density at radius 3 is 2.58 bits per heavy atom. The maximum Gasteiger partial charge on any atom is 0.208 e. The first-order chi connectivity index (χ1) is 5.70. The second kappa shape index (κ2) is 6.46. The molecular weight excluding hydrogens is 152 g/mol. The summed E-state index contributed by atoms with van der Waals surface area (Å²) in [6, 6.07) is 0. The van der Waals surface area contributed by atoms with E-state index in [4.69, 9.17) is 0 Å². The van der Waals surface area contributed by atoms with E-state index >= 15 is 0 Å². The number of aliphatic hydroxyl groups is 1. The monoisotopic (exact) mass is 164 g/mol. The van der Waals surface area contributed by atoms with Crippen molar-refractivity contribution < 1.29 is 9.90 Å². The van der Waals surface area contributed by atoms with Gasteiger partial charge in [0.25, 0.3) is 0 Å². The van der Waals surface area contributed by atoms with Crippen molar-refractivity contribution in [2.24, 2.45) is 0 Å². The van der Waals surface area contributed by atoms with E-state index < -0.39 is 6.10 Å². The second-order valence-electron chi connectivity index (χ2n) is 2.29. The molecule has 0 aliphatic heterocycles. The number of carbonyl (C=O) groups is 1. The highest BCUT2D eigenvalue weighted by atomic mass is 16.3. The summed E-state index contributed by atoms with van der Waals surface area (Å²) in [5.41, 5.74) is 0. The Balaban J connectivity index is 3.78. The molecule has 64 valence electrons. The molecule has 0 aromatic carbocycles. The molecule has 0 heterocycles. The molecular formula is C10H12O2. The van der Waals surface area contributed by atoms with Crippen molar-refractivity contribution in [1.29, 1.82) is 0 Å². The third-order valence-corrected chi connectivity index (χ3v) is 1.20. The number of aliphatic hydroxyl groups excluding tert-OH is 1. The van der Waals surface area contributed by atoms with Crippen LogP contribution in [0, 0.1) is 23.7 Å². The van der Waals surface area contributed by atoms with Gasteiger partial charge in [-0.1, -0.05) is 5.92 Å². The lowest BCUT2D eigenvalue weighted by molar-refractivity contribution is -0.115. The van der Waals surface area contributed by atoms with Crippen LogP contribution in [0.3, 0.4) is 0 Å². The number of rotatable bonds is 3. The summed E-state index contributed by atoms with van der Waals surface area (Å²) in [5.74, 6) is 9.95. The van der Waals surface area contributed by atoms with Crippen LogP contribution >= 0.6 is 0 Å². The van der Waals surface area contributed by atoms with Gasteiger partial charge in [-0.2, -0.15) is 0 Å². The maximum absolute atomic E-state index is 10.8. The Bertz CT molecular complexity index is 257. The van der Waals surface area contributed by atoms with Gasteiger partial charge in [0.15, 0.2) is 0 Å². The fraction of sp³-hybridized carbons (Fsp3) is 0.500. The molecule has 0 saturated carbocycles. The lowest BCUT2D eigenvalue weighted by Crippen LogP contribution is -2.11. The molecule has 0 aliphatic rings. The predicted molar refractivity (Wildman–Crippen MR) is 47.1 cm³/mol. The average Bonchev–Trinajstić information content (AvgIpc) is 2.01. The maximum atomic E-state index is 10.8. The Morgan fingerprint density at radius 1 is 1.42 bits per heavy atom. The number of hydrogen-bond acceptors (Lipinski definition) is 2. The van der Waals surface area contributed by atoms with Crippen LogP contribution < -0.4 is 0 Å². The summed E-state index contributed by atoms with van der Waals surface area (Å²) in [4.78, 5) is 10.8. The molecule has 0 rings (SSSR count). The van der Waals surface area contributed by atoms with Crippen molar-refractivity contribution in [1.82, 2.24) is 0 Å². The van der Waals surface area contributed by atoms with Crippen molar-refractivity contribution in [3.05, 3.63) is 0 Å². The van der Waals surface area contributed by atoms with Crippen LogP contribution in [0.15, 0.2) is 0 Å². The Morgan fingerprint density at radius 2 is 2.08 bits per heavy atom. The molecule has 0 aliphatic carbocycles. The zero-order valence-corrected chi connectivity index (χ0v) is 7.35. The van der Waals surface area contributed by atoms with E-state index in [2.05, 4.69) is 23.7 Å². The summed E-state index contributed by atoms with van der Waals surface area (Å²) >= 11 is 0. The molecule has 0 saturated heterocycles. The first-order valence-electron chi connectivity index (χ1n) is 3.74. The van der Waals surface area contributed by atoms with Gasteiger partial charge in [0.2, 0.25) is 5.78 Å². The van der Waals surface area contributed by atoms with Crippen LogP contribution in [-0.2, 0) is 4.79 Å². The second-order valence-corrected chi connectivity index (χ2v) is 2.29. The minimum Gasteiger partial charge on any atom is -0.392 e. The molecule has 0 bridgehead atoms. The third-order valence-electron chi connectivity index (χ3n) is 1.20. The molecule has 1 N–H and O–H groups in total. The van der Waals surface area contributed by atoms with E-state index in [1.165, 1.54) is 0 Å². The molecule has 0 amide bonds. The number of carbonyl (C=O) groups excluding carboxylic acids is 1. The van der Waals surface area contributed by atoms with Gasteiger partial charge in [0.05, 0.1) is 6.10 Å². The minimum atomic E-state index is -0.675. The normalized spacial score (nSPS) is 10.2. The van der Waals surface area contributed by atoms with Crippen molar-refractivity contribution in [3.63, 3.8) is 0 Å². The molecule has 0 unspecified atom stereocenters. The number of hydrogen-bond donors (Lipinski definition) is 1. The standard InChI is InChI=1S/C10H12O2/c1-3-5-7-10(12)8-9(11)6-4-2/h10,12H,7-8H2,1-2H3/t10-/m1/s1. The van der Waals surface area contributed by atoms with Crippen LogP contribution in [0.2, 0.25) is 0 Å². The fourth-order valence-electron chi connectivity index (χ4n) is 0.696. The Labute approximate surface area is 73.0 Å². The summed E-state index contributed by atoms with van der Waals surface area (Å²) in [6.07, 6.45) is -0.255.